The first-order chi connectivity index (χ1) is 14.0. The Hall–Kier alpha value is -4.08. The van der Waals surface area contributed by atoms with E-state index in [9.17, 15) is 14.0 Å². The number of fused-ring (bicyclic) bond motifs is 1. The Balaban J connectivity index is 1.58. The number of methoxy groups -OCH3 is 1. The summed E-state index contributed by atoms with van der Waals surface area (Å²) in [6.07, 6.45) is 1.34. The maximum absolute atomic E-state index is 13.1. The van der Waals surface area contributed by atoms with Crippen LogP contribution in [0.5, 0.6) is 5.75 Å². The van der Waals surface area contributed by atoms with Crippen LogP contribution in [0.4, 0.5) is 10.1 Å². The van der Waals surface area contributed by atoms with Crippen molar-refractivity contribution in [2.75, 3.05) is 12.4 Å². The highest BCUT2D eigenvalue weighted by molar-refractivity contribution is 5.90. The number of anilines is 1. The van der Waals surface area contributed by atoms with Gasteiger partial charge in [-0.2, -0.15) is 5.10 Å². The van der Waals surface area contributed by atoms with Crippen molar-refractivity contribution in [1.82, 2.24) is 24.8 Å². The summed E-state index contributed by atoms with van der Waals surface area (Å²) in [4.78, 5) is 25.0. The summed E-state index contributed by atoms with van der Waals surface area (Å²) in [5.41, 5.74) is 0.763. The van der Waals surface area contributed by atoms with Crippen molar-refractivity contribution in [2.45, 2.75) is 6.54 Å². The highest BCUT2D eigenvalue weighted by Gasteiger charge is 2.15. The lowest BCUT2D eigenvalue weighted by molar-refractivity contribution is -0.117. The number of ether oxygens (including phenoxy) is 1. The fourth-order valence-corrected chi connectivity index (χ4v) is 2.78. The van der Waals surface area contributed by atoms with Crippen molar-refractivity contribution in [1.29, 1.82) is 0 Å². The Morgan fingerprint density at radius 2 is 2.00 bits per heavy atom. The lowest BCUT2D eigenvalue weighted by Crippen LogP contribution is -2.30. The fraction of sp³-hybridized carbons (Fsp3) is 0.105. The number of nitrogens with one attached hydrogen (secondary N) is 1. The Bertz CT molecular complexity index is 1250. The van der Waals surface area contributed by atoms with Gasteiger partial charge in [-0.25, -0.2) is 13.8 Å². The van der Waals surface area contributed by atoms with Crippen LogP contribution >= 0.6 is 0 Å². The zero-order valence-electron chi connectivity index (χ0n) is 15.2. The number of hydrogen-bond acceptors (Lipinski definition) is 6. The molecule has 9 nitrogen and oxygen atoms in total. The van der Waals surface area contributed by atoms with Crippen molar-refractivity contribution in [3.05, 3.63) is 70.9 Å². The Morgan fingerprint density at radius 3 is 2.76 bits per heavy atom. The molecule has 0 aliphatic rings. The van der Waals surface area contributed by atoms with E-state index in [4.69, 9.17) is 4.74 Å². The molecule has 4 rings (SSSR count). The molecule has 0 fully saturated rings. The number of nitrogens with zero attached hydrogens (tertiary/aromatic N) is 5. The van der Waals surface area contributed by atoms with E-state index in [1.165, 1.54) is 42.3 Å². The largest absolute Gasteiger partial charge is 0.497 e. The minimum Gasteiger partial charge on any atom is -0.497 e. The van der Waals surface area contributed by atoms with Gasteiger partial charge in [0.25, 0.3) is 5.56 Å². The Labute approximate surface area is 163 Å². The van der Waals surface area contributed by atoms with E-state index in [2.05, 4.69) is 20.7 Å². The molecule has 4 aromatic rings. The molecule has 0 saturated carbocycles. The molecule has 0 spiro atoms. The average molecular weight is 394 g/mol. The highest BCUT2D eigenvalue weighted by atomic mass is 19.1. The molecule has 0 aliphatic heterocycles. The summed E-state index contributed by atoms with van der Waals surface area (Å²) >= 11 is 0. The number of halogens is 1. The van der Waals surface area contributed by atoms with Gasteiger partial charge in [0.05, 0.1) is 19.0 Å². The first-order valence-electron chi connectivity index (χ1n) is 8.56. The third-order valence-corrected chi connectivity index (χ3v) is 4.17. The SMILES string of the molecule is COc1cccc(NC(=O)Cn2nnc3c(cnn3-c3ccc(F)cc3)c2=O)c1. The molecule has 1 amide bonds. The number of carbonyl (C=O) groups excluding carboxylic acids is 1. The van der Waals surface area contributed by atoms with Crippen LogP contribution in [-0.4, -0.2) is 37.8 Å². The second kappa shape index (κ2) is 7.50. The van der Waals surface area contributed by atoms with Crippen LogP contribution in [0.25, 0.3) is 16.7 Å². The third kappa shape index (κ3) is 3.68. The van der Waals surface area contributed by atoms with Crippen LogP contribution in [0, 0.1) is 5.82 Å². The van der Waals surface area contributed by atoms with Gasteiger partial charge in [0, 0.05) is 11.8 Å². The maximum atomic E-state index is 13.1. The monoisotopic (exact) mass is 394 g/mol. The Morgan fingerprint density at radius 1 is 1.21 bits per heavy atom. The number of benzene rings is 2. The predicted molar refractivity (Wildman–Crippen MR) is 103 cm³/mol. The van der Waals surface area contributed by atoms with Crippen molar-refractivity contribution in [3.8, 4) is 11.4 Å². The topological polar surface area (TPSA) is 104 Å². The molecule has 2 heterocycles. The molecule has 0 atom stereocenters. The lowest BCUT2D eigenvalue weighted by Gasteiger charge is -2.08. The van der Waals surface area contributed by atoms with E-state index >= 15 is 0 Å². The van der Waals surface area contributed by atoms with Crippen LogP contribution in [0.3, 0.4) is 0 Å². The normalized spacial score (nSPS) is 10.8. The molecule has 10 heteroatoms. The second-order valence-electron chi connectivity index (χ2n) is 6.10. The lowest BCUT2D eigenvalue weighted by atomic mass is 10.3. The molecule has 2 aromatic carbocycles. The first kappa shape index (κ1) is 18.3. The van der Waals surface area contributed by atoms with E-state index in [-0.39, 0.29) is 23.4 Å². The molecule has 2 aromatic heterocycles. The second-order valence-corrected chi connectivity index (χ2v) is 6.10. The molecule has 1 N–H and O–H groups in total. The van der Waals surface area contributed by atoms with Crippen LogP contribution in [0.1, 0.15) is 0 Å². The Kier molecular flexibility index (Phi) is 4.73. The van der Waals surface area contributed by atoms with E-state index in [0.717, 1.165) is 4.68 Å². The number of carbonyl (C=O) groups is 1. The summed E-state index contributed by atoms with van der Waals surface area (Å²) in [5, 5.41) is 14.8. The van der Waals surface area contributed by atoms with Crippen LogP contribution in [0.15, 0.2) is 59.5 Å². The van der Waals surface area contributed by atoms with Gasteiger partial charge in [0.15, 0.2) is 5.65 Å². The molecule has 29 heavy (non-hydrogen) atoms. The molecule has 0 aliphatic carbocycles. The fourth-order valence-electron chi connectivity index (χ4n) is 2.78. The van der Waals surface area contributed by atoms with Gasteiger partial charge in [0.1, 0.15) is 23.5 Å². The van der Waals surface area contributed by atoms with Gasteiger partial charge in [-0.05, 0) is 36.4 Å². The predicted octanol–water partition coefficient (Wildman–Crippen LogP) is 1.76. The smallest absolute Gasteiger partial charge is 0.281 e. The molecule has 0 saturated heterocycles. The van der Waals surface area contributed by atoms with Gasteiger partial charge in [0.2, 0.25) is 5.91 Å². The van der Waals surface area contributed by atoms with Gasteiger partial charge in [-0.15, -0.1) is 5.10 Å². The van der Waals surface area contributed by atoms with Crippen LogP contribution in [0.2, 0.25) is 0 Å². The van der Waals surface area contributed by atoms with E-state index in [0.29, 0.717) is 17.1 Å². The molecule has 146 valence electrons. The molecule has 0 unspecified atom stereocenters. The van der Waals surface area contributed by atoms with Gasteiger partial charge < -0.3 is 10.1 Å². The quantitative estimate of drug-likeness (QED) is 0.553. The summed E-state index contributed by atoms with van der Waals surface area (Å²) < 4.78 is 20.6. The minimum atomic E-state index is -0.510. The zero-order valence-corrected chi connectivity index (χ0v) is 15.2. The summed E-state index contributed by atoms with van der Waals surface area (Å²) in [6.45, 7) is -0.319. The molecule has 0 bridgehead atoms. The van der Waals surface area contributed by atoms with E-state index < -0.39 is 11.5 Å². The van der Waals surface area contributed by atoms with Crippen LogP contribution in [-0.2, 0) is 11.3 Å². The number of aromatic nitrogens is 5. The summed E-state index contributed by atoms with van der Waals surface area (Å²) in [5.74, 6) is -0.241. The first-order valence-corrected chi connectivity index (χ1v) is 8.56. The third-order valence-electron chi connectivity index (χ3n) is 4.17. The minimum absolute atomic E-state index is 0.193. The standard InChI is InChI=1S/C19H15FN6O3/c1-29-15-4-2-3-13(9-15)22-17(27)11-25-19(28)16-10-21-26(18(16)23-24-25)14-7-5-12(20)6-8-14/h2-10H,11H2,1H3,(H,22,27). The number of amides is 1. The van der Waals surface area contributed by atoms with Crippen molar-refractivity contribution in [2.24, 2.45) is 0 Å². The number of hydrogen-bond donors (Lipinski definition) is 1. The van der Waals surface area contributed by atoms with Crippen LogP contribution < -0.4 is 15.6 Å². The van der Waals surface area contributed by atoms with Gasteiger partial charge in [-0.3, -0.25) is 9.59 Å². The number of rotatable bonds is 5. The molecular weight excluding hydrogens is 379 g/mol. The van der Waals surface area contributed by atoms with E-state index in [1.807, 2.05) is 0 Å². The average Bonchev–Trinajstić information content (AvgIpc) is 3.15. The maximum Gasteiger partial charge on any atom is 0.281 e. The van der Waals surface area contributed by atoms with Gasteiger partial charge >= 0.3 is 0 Å². The van der Waals surface area contributed by atoms with Crippen molar-refractivity contribution in [3.63, 3.8) is 0 Å². The zero-order chi connectivity index (χ0) is 20.4. The molecule has 0 radical (unpaired) electrons. The summed E-state index contributed by atoms with van der Waals surface area (Å²) in [6, 6.07) is 12.4. The van der Waals surface area contributed by atoms with Crippen molar-refractivity contribution < 1.29 is 13.9 Å². The highest BCUT2D eigenvalue weighted by Crippen LogP contribution is 2.17. The molecular formula is C19H15FN6O3. The summed E-state index contributed by atoms with van der Waals surface area (Å²) in [7, 11) is 1.53. The van der Waals surface area contributed by atoms with Crippen molar-refractivity contribution >= 4 is 22.6 Å². The van der Waals surface area contributed by atoms with E-state index in [1.54, 1.807) is 24.3 Å². The van der Waals surface area contributed by atoms with Gasteiger partial charge in [-0.1, -0.05) is 11.3 Å².